The number of hydrogen-bond donors (Lipinski definition) is 1. The lowest BCUT2D eigenvalue weighted by molar-refractivity contribution is -0.132. The van der Waals surface area contributed by atoms with Crippen molar-refractivity contribution in [1.82, 2.24) is 14.6 Å². The van der Waals surface area contributed by atoms with Crippen LogP contribution in [0.15, 0.2) is 23.3 Å². The van der Waals surface area contributed by atoms with E-state index < -0.39 is 0 Å². The fourth-order valence-corrected chi connectivity index (χ4v) is 3.36. The summed E-state index contributed by atoms with van der Waals surface area (Å²) in [4.78, 5) is 26.4. The van der Waals surface area contributed by atoms with Gasteiger partial charge in [0.2, 0.25) is 11.8 Å². The van der Waals surface area contributed by atoms with Gasteiger partial charge < -0.3 is 10.2 Å². The van der Waals surface area contributed by atoms with Crippen molar-refractivity contribution < 1.29 is 9.59 Å². The first kappa shape index (κ1) is 15.2. The van der Waals surface area contributed by atoms with Gasteiger partial charge in [0.25, 0.3) is 0 Å². The van der Waals surface area contributed by atoms with E-state index in [2.05, 4.69) is 32.2 Å². The van der Waals surface area contributed by atoms with Gasteiger partial charge in [0.1, 0.15) is 0 Å². The standard InChI is InChI=1S/C13H16BrN3O2S/c1-2-12(18)17-5-3-4-9(8-17)13(19)15-7-11-10(14)6-16-20-11/h2,6,9H,1,3-5,7-8H2,(H,15,19). The Labute approximate surface area is 130 Å². The number of halogens is 1. The van der Waals surface area contributed by atoms with Crippen molar-refractivity contribution in [2.75, 3.05) is 13.1 Å². The first-order valence-corrected chi connectivity index (χ1v) is 7.96. The van der Waals surface area contributed by atoms with Crippen LogP contribution in [-0.4, -0.2) is 34.2 Å². The fourth-order valence-electron chi connectivity index (χ4n) is 2.20. The van der Waals surface area contributed by atoms with Crippen LogP contribution >= 0.6 is 27.5 Å². The van der Waals surface area contributed by atoms with Crippen molar-refractivity contribution in [3.63, 3.8) is 0 Å². The molecule has 0 aromatic carbocycles. The number of piperidine rings is 1. The summed E-state index contributed by atoms with van der Waals surface area (Å²) >= 11 is 4.74. The third-order valence-corrected chi connectivity index (χ3v) is 5.04. The average Bonchev–Trinajstić information content (AvgIpc) is 2.89. The van der Waals surface area contributed by atoms with Gasteiger partial charge in [-0.25, -0.2) is 0 Å². The van der Waals surface area contributed by atoms with Crippen molar-refractivity contribution in [2.45, 2.75) is 19.4 Å². The van der Waals surface area contributed by atoms with E-state index in [1.807, 2.05) is 0 Å². The molecule has 7 heteroatoms. The van der Waals surface area contributed by atoms with Gasteiger partial charge in [0.15, 0.2) is 0 Å². The van der Waals surface area contributed by atoms with Gasteiger partial charge in [-0.2, -0.15) is 4.37 Å². The molecule has 1 atom stereocenters. The minimum atomic E-state index is -0.139. The molecule has 2 heterocycles. The molecule has 108 valence electrons. The molecular formula is C13H16BrN3O2S. The molecule has 1 aromatic heterocycles. The summed E-state index contributed by atoms with van der Waals surface area (Å²) in [5, 5.41) is 2.91. The monoisotopic (exact) mass is 357 g/mol. The van der Waals surface area contributed by atoms with Crippen LogP contribution in [0.1, 0.15) is 17.7 Å². The number of likely N-dealkylation sites (tertiary alicyclic amines) is 1. The summed E-state index contributed by atoms with van der Waals surface area (Å²) in [5.74, 6) is -0.251. The van der Waals surface area contributed by atoms with Gasteiger partial charge in [-0.3, -0.25) is 9.59 Å². The maximum absolute atomic E-state index is 12.2. The third kappa shape index (κ3) is 3.67. The number of nitrogens with one attached hydrogen (secondary N) is 1. The Morgan fingerprint density at radius 1 is 1.65 bits per heavy atom. The number of amides is 2. The minimum Gasteiger partial charge on any atom is -0.351 e. The normalized spacial score (nSPS) is 18.6. The van der Waals surface area contributed by atoms with Crippen LogP contribution in [0.4, 0.5) is 0 Å². The van der Waals surface area contributed by atoms with Gasteiger partial charge >= 0.3 is 0 Å². The largest absolute Gasteiger partial charge is 0.351 e. The van der Waals surface area contributed by atoms with E-state index in [4.69, 9.17) is 0 Å². The number of nitrogens with zero attached hydrogens (tertiary/aromatic N) is 2. The van der Waals surface area contributed by atoms with E-state index in [0.717, 1.165) is 22.2 Å². The highest BCUT2D eigenvalue weighted by Gasteiger charge is 2.27. The highest BCUT2D eigenvalue weighted by molar-refractivity contribution is 9.10. The molecule has 2 rings (SSSR count). The fraction of sp³-hybridized carbons (Fsp3) is 0.462. The van der Waals surface area contributed by atoms with Crippen molar-refractivity contribution >= 4 is 39.3 Å². The van der Waals surface area contributed by atoms with Gasteiger partial charge in [-0.15, -0.1) is 0 Å². The predicted molar refractivity (Wildman–Crippen MR) is 81.2 cm³/mol. The number of hydrogen-bond acceptors (Lipinski definition) is 4. The predicted octanol–water partition coefficient (Wildman–Crippen LogP) is 1.95. The molecule has 20 heavy (non-hydrogen) atoms. The summed E-state index contributed by atoms with van der Waals surface area (Å²) < 4.78 is 4.95. The van der Waals surface area contributed by atoms with E-state index >= 15 is 0 Å². The number of aromatic nitrogens is 1. The molecule has 2 amide bonds. The molecule has 0 spiro atoms. The summed E-state index contributed by atoms with van der Waals surface area (Å²) in [6.45, 7) is 5.13. The molecule has 0 saturated carbocycles. The molecule has 1 unspecified atom stereocenters. The van der Waals surface area contributed by atoms with Crippen molar-refractivity contribution in [2.24, 2.45) is 5.92 Å². The Balaban J connectivity index is 1.87. The van der Waals surface area contributed by atoms with Crippen LogP contribution in [0.5, 0.6) is 0 Å². The van der Waals surface area contributed by atoms with Crippen LogP contribution in [0.25, 0.3) is 0 Å². The summed E-state index contributed by atoms with van der Waals surface area (Å²) in [7, 11) is 0. The molecule has 0 aliphatic carbocycles. The molecule has 5 nitrogen and oxygen atoms in total. The smallest absolute Gasteiger partial charge is 0.245 e. The Morgan fingerprint density at radius 2 is 2.45 bits per heavy atom. The zero-order valence-electron chi connectivity index (χ0n) is 11.0. The number of carbonyl (C=O) groups is 2. The Kier molecular flexibility index (Phi) is 5.31. The van der Waals surface area contributed by atoms with E-state index in [-0.39, 0.29) is 17.7 Å². The second kappa shape index (κ2) is 6.99. The molecule has 1 saturated heterocycles. The van der Waals surface area contributed by atoms with Crippen LogP contribution < -0.4 is 5.32 Å². The number of carbonyl (C=O) groups excluding carboxylic acids is 2. The molecule has 1 N–H and O–H groups in total. The van der Waals surface area contributed by atoms with E-state index in [0.29, 0.717) is 19.6 Å². The van der Waals surface area contributed by atoms with E-state index in [1.165, 1.54) is 17.6 Å². The highest BCUT2D eigenvalue weighted by atomic mass is 79.9. The van der Waals surface area contributed by atoms with Crippen LogP contribution in [-0.2, 0) is 16.1 Å². The van der Waals surface area contributed by atoms with Crippen molar-refractivity contribution in [3.8, 4) is 0 Å². The Morgan fingerprint density at radius 3 is 3.10 bits per heavy atom. The van der Waals surface area contributed by atoms with Crippen LogP contribution in [0.2, 0.25) is 0 Å². The summed E-state index contributed by atoms with van der Waals surface area (Å²) in [6, 6.07) is 0. The first-order valence-electron chi connectivity index (χ1n) is 6.40. The highest BCUT2D eigenvalue weighted by Crippen LogP contribution is 2.21. The molecule has 1 aliphatic heterocycles. The van der Waals surface area contributed by atoms with E-state index in [9.17, 15) is 9.59 Å². The third-order valence-electron chi connectivity index (χ3n) is 3.30. The maximum atomic E-state index is 12.2. The maximum Gasteiger partial charge on any atom is 0.245 e. The lowest BCUT2D eigenvalue weighted by atomic mass is 9.97. The molecule has 1 fully saturated rings. The summed E-state index contributed by atoms with van der Waals surface area (Å²) in [6.07, 6.45) is 4.69. The minimum absolute atomic E-state index is 0.00753. The molecular weight excluding hydrogens is 342 g/mol. The lowest BCUT2D eigenvalue weighted by Gasteiger charge is -2.31. The number of rotatable bonds is 4. The van der Waals surface area contributed by atoms with Gasteiger partial charge in [0.05, 0.1) is 28.0 Å². The van der Waals surface area contributed by atoms with Crippen LogP contribution in [0, 0.1) is 5.92 Å². The van der Waals surface area contributed by atoms with Gasteiger partial charge in [0, 0.05) is 13.1 Å². The van der Waals surface area contributed by atoms with Crippen molar-refractivity contribution in [1.29, 1.82) is 0 Å². The zero-order valence-corrected chi connectivity index (χ0v) is 13.4. The van der Waals surface area contributed by atoms with Crippen LogP contribution in [0.3, 0.4) is 0 Å². The second-order valence-corrected chi connectivity index (χ2v) is 6.38. The first-order chi connectivity index (χ1) is 9.61. The Hall–Kier alpha value is -1.21. The second-order valence-electron chi connectivity index (χ2n) is 4.64. The quantitative estimate of drug-likeness (QED) is 0.837. The summed E-state index contributed by atoms with van der Waals surface area (Å²) in [5.41, 5.74) is 0. The van der Waals surface area contributed by atoms with Gasteiger partial charge in [-0.1, -0.05) is 6.58 Å². The zero-order chi connectivity index (χ0) is 14.5. The SMILES string of the molecule is C=CC(=O)N1CCCC(C(=O)NCc2sncc2Br)C1. The average molecular weight is 358 g/mol. The van der Waals surface area contributed by atoms with E-state index in [1.54, 1.807) is 11.1 Å². The van der Waals surface area contributed by atoms with Gasteiger partial charge in [-0.05, 0) is 46.4 Å². The molecule has 1 aromatic rings. The molecule has 1 aliphatic rings. The molecule has 0 bridgehead atoms. The van der Waals surface area contributed by atoms with Crippen molar-refractivity contribution in [3.05, 3.63) is 28.2 Å². The Bertz CT molecular complexity index is 517. The topological polar surface area (TPSA) is 62.3 Å². The lowest BCUT2D eigenvalue weighted by Crippen LogP contribution is -2.44. The molecule has 0 radical (unpaired) electrons.